The average Bonchev–Trinajstić information content (AvgIpc) is 2.99. The van der Waals surface area contributed by atoms with Crippen LogP contribution < -0.4 is 11.0 Å². The van der Waals surface area contributed by atoms with Crippen molar-refractivity contribution in [2.75, 3.05) is 0 Å². The van der Waals surface area contributed by atoms with Gasteiger partial charge in [-0.3, -0.25) is 0 Å². The summed E-state index contributed by atoms with van der Waals surface area (Å²) in [5, 5.41) is 19.2. The van der Waals surface area contributed by atoms with Gasteiger partial charge in [0.1, 0.15) is 0 Å². The fourth-order valence-electron chi connectivity index (χ4n) is 4.45. The van der Waals surface area contributed by atoms with E-state index in [1.807, 2.05) is 0 Å². The van der Waals surface area contributed by atoms with Crippen molar-refractivity contribution in [3.05, 3.63) is 59.7 Å². The summed E-state index contributed by atoms with van der Waals surface area (Å²) in [7, 11) is 0. The molecule has 9 nitrogen and oxygen atoms in total. The van der Waals surface area contributed by atoms with Crippen LogP contribution in [0.4, 0.5) is 0 Å². The number of hydroxylamine groups is 2. The van der Waals surface area contributed by atoms with Gasteiger partial charge in [-0.2, -0.15) is 0 Å². The van der Waals surface area contributed by atoms with Crippen molar-refractivity contribution < 1.29 is 27.6 Å². The fourth-order valence-corrected chi connectivity index (χ4v) is 44.5. The molecule has 0 unspecified atom stereocenters. The molecule has 0 fully saturated rings. The number of hydrogen-bond donors (Lipinski definition) is 4. The van der Waals surface area contributed by atoms with Crippen LogP contribution in [0.1, 0.15) is 99.8 Å². The summed E-state index contributed by atoms with van der Waals surface area (Å²) in [5.41, 5.74) is 6.22. The molecule has 228 valence electrons. The number of carbonyl (C=O) groups excluding carboxylic acids is 2. The number of phenols is 2. The molecule has 11 heteroatoms. The fraction of sp³-hybridized carbons (Fsp3) is 0.533. The van der Waals surface area contributed by atoms with E-state index in [0.717, 1.165) is 69.1 Å². The molecule has 2 rings (SSSR count). The summed E-state index contributed by atoms with van der Waals surface area (Å²) in [6.07, 6.45) is 7.53. The number of unbranched alkanes of at least 4 members (excludes halogenated alkanes) is 4. The first-order valence-electron chi connectivity index (χ1n) is 15.0. The second-order valence-corrected chi connectivity index (χ2v) is 32.3. The Balaban J connectivity index is 2.40. The molecule has 0 radical (unpaired) electrons. The van der Waals surface area contributed by atoms with Crippen LogP contribution in [-0.2, 0) is 7.76 Å². The Morgan fingerprint density at radius 3 is 1.15 bits per heavy atom. The summed E-state index contributed by atoms with van der Waals surface area (Å²) in [5.74, 6) is -0.593. The van der Waals surface area contributed by atoms with Gasteiger partial charge in [0.15, 0.2) is 0 Å². The predicted molar refractivity (Wildman–Crippen MR) is 165 cm³/mol. The zero-order valence-corrected chi connectivity index (χ0v) is 30.7. The molecular weight excluding hydrogens is 738 g/mol. The van der Waals surface area contributed by atoms with E-state index in [2.05, 4.69) is 38.7 Å². The zero-order valence-electron chi connectivity index (χ0n) is 25.0. The molecule has 2 aromatic rings. The number of aromatic hydroxyl groups is 2. The maximum atomic E-state index is 13.0. The molecule has 0 heterocycles. The summed E-state index contributed by atoms with van der Waals surface area (Å²) >= 11 is -8.04. The number of hydrogen-bond acceptors (Lipinski definition) is 7. The Labute approximate surface area is 255 Å². The van der Waals surface area contributed by atoms with E-state index in [9.17, 15) is 19.8 Å². The van der Waals surface area contributed by atoms with Crippen LogP contribution in [0, 0.1) is 0 Å². The summed E-state index contributed by atoms with van der Waals surface area (Å²) in [4.78, 5) is 26.1. The van der Waals surface area contributed by atoms with Crippen molar-refractivity contribution in [2.24, 2.45) is 0 Å². The predicted octanol–water partition coefficient (Wildman–Crippen LogP) is 7.22. The van der Waals surface area contributed by atoms with E-state index in [-0.39, 0.29) is 23.3 Å². The Bertz CT molecular complexity index is 952. The summed E-state index contributed by atoms with van der Waals surface area (Å²) in [6, 6.07) is 12.1. The van der Waals surface area contributed by atoms with Crippen molar-refractivity contribution >= 4 is 50.2 Å². The van der Waals surface area contributed by atoms with Gasteiger partial charge in [-0.15, -0.1) is 0 Å². The summed E-state index contributed by atoms with van der Waals surface area (Å²) < 4.78 is 23.3. The van der Waals surface area contributed by atoms with Crippen LogP contribution in [0.15, 0.2) is 48.5 Å². The first kappa shape index (κ1) is 35.7. The minimum absolute atomic E-state index is 0.0856. The van der Waals surface area contributed by atoms with E-state index < -0.39 is 38.4 Å². The van der Waals surface area contributed by atoms with Gasteiger partial charge >= 0.3 is 257 Å². The molecule has 4 N–H and O–H groups in total. The van der Waals surface area contributed by atoms with Crippen LogP contribution in [0.5, 0.6) is 11.5 Å². The number of benzene rings is 2. The molecule has 0 spiro atoms. The third-order valence-corrected chi connectivity index (χ3v) is 38.7. The van der Waals surface area contributed by atoms with E-state index in [0.29, 0.717) is 11.1 Å². The number of nitrogens with one attached hydrogen (secondary N) is 2. The van der Waals surface area contributed by atoms with Gasteiger partial charge in [0.05, 0.1) is 0 Å². The number of amides is 2. The van der Waals surface area contributed by atoms with Gasteiger partial charge in [-0.1, -0.05) is 0 Å². The van der Waals surface area contributed by atoms with Gasteiger partial charge in [0.25, 0.3) is 0 Å². The van der Waals surface area contributed by atoms with Crippen LogP contribution in [0.3, 0.4) is 0 Å². The number of rotatable bonds is 20. The average molecular weight is 786 g/mol. The quantitative estimate of drug-likeness (QED) is 0.0826. The molecular formula is C30H48N2O7Sn2. The Kier molecular flexibility index (Phi) is 16.4. The molecule has 0 aliphatic carbocycles. The first-order chi connectivity index (χ1) is 19.7. The third-order valence-electron chi connectivity index (χ3n) is 6.94. The van der Waals surface area contributed by atoms with E-state index >= 15 is 0 Å². The van der Waals surface area contributed by atoms with Crippen molar-refractivity contribution in [1.82, 2.24) is 11.0 Å². The van der Waals surface area contributed by atoms with E-state index in [4.69, 9.17) is 7.76 Å². The third kappa shape index (κ3) is 12.3. The molecule has 0 saturated carbocycles. The monoisotopic (exact) mass is 788 g/mol. The molecule has 0 atom stereocenters. The SMILES string of the molecule is CCC[CH2][Sn]([CH2]CCC)([O]NC(=O)c1ccc(O)cc1)[O][Sn]([CH2]CCC)([CH2]CCC)[O]NC(=O)c1ccc(O)cc1. The van der Waals surface area contributed by atoms with Crippen LogP contribution in [-0.4, -0.2) is 60.4 Å². The van der Waals surface area contributed by atoms with Crippen molar-refractivity contribution in [3.63, 3.8) is 0 Å². The van der Waals surface area contributed by atoms with Crippen LogP contribution in [0.2, 0.25) is 17.7 Å². The molecule has 0 aliphatic heterocycles. The normalized spacial score (nSPS) is 11.8. The molecule has 2 aromatic carbocycles. The molecule has 0 aromatic heterocycles. The summed E-state index contributed by atoms with van der Waals surface area (Å²) in [6.45, 7) is 8.52. The Morgan fingerprint density at radius 2 is 0.878 bits per heavy atom. The Morgan fingerprint density at radius 1 is 0.585 bits per heavy atom. The van der Waals surface area contributed by atoms with Crippen LogP contribution in [0.25, 0.3) is 0 Å². The van der Waals surface area contributed by atoms with Gasteiger partial charge in [-0.25, -0.2) is 0 Å². The van der Waals surface area contributed by atoms with Gasteiger partial charge in [0.2, 0.25) is 0 Å². The van der Waals surface area contributed by atoms with Crippen molar-refractivity contribution in [1.29, 1.82) is 0 Å². The van der Waals surface area contributed by atoms with E-state index in [1.54, 1.807) is 24.3 Å². The van der Waals surface area contributed by atoms with Gasteiger partial charge in [0, 0.05) is 0 Å². The van der Waals surface area contributed by atoms with Crippen molar-refractivity contribution in [2.45, 2.75) is 96.8 Å². The number of phenolic OH excluding ortho intramolecular Hbond substituents is 2. The molecule has 0 saturated heterocycles. The van der Waals surface area contributed by atoms with Crippen molar-refractivity contribution in [3.8, 4) is 11.5 Å². The minimum atomic E-state index is -4.02. The maximum absolute atomic E-state index is 13.0. The standard InChI is InChI=1S/2C7H6NO3.4C4H9.O.2Sn/c2*9-6-3-1-5(2-4-6)7(10)8-11;4*1-3-4-2;;;/h2*1-4H,(H2-,8,9,10,11);4*1,3-4H2,2H3;;;/q2*-1;;;;;;2*+1. The molecule has 41 heavy (non-hydrogen) atoms. The molecule has 0 aliphatic rings. The van der Waals surface area contributed by atoms with Crippen LogP contribution >= 0.6 is 0 Å². The second-order valence-electron chi connectivity index (χ2n) is 10.5. The molecule has 0 bridgehead atoms. The van der Waals surface area contributed by atoms with Gasteiger partial charge in [-0.05, 0) is 0 Å². The number of carbonyl (C=O) groups is 2. The van der Waals surface area contributed by atoms with E-state index in [1.165, 1.54) is 24.3 Å². The van der Waals surface area contributed by atoms with Gasteiger partial charge < -0.3 is 0 Å². The Hall–Kier alpha value is -1.54. The zero-order chi connectivity index (χ0) is 30.1. The first-order valence-corrected chi connectivity index (χ1v) is 27.7. The second kappa shape index (κ2) is 18.9. The molecule has 2 amide bonds. The topological polar surface area (TPSA) is 126 Å².